The van der Waals surface area contributed by atoms with Crippen LogP contribution in [0.4, 0.5) is 0 Å². The molecule has 0 spiro atoms. The van der Waals surface area contributed by atoms with Gasteiger partial charge in [-0.15, -0.1) is 0 Å². The molecule has 0 bridgehead atoms. The Morgan fingerprint density at radius 3 is 2.18 bits per heavy atom. The fourth-order valence-corrected chi connectivity index (χ4v) is 4.86. The number of hydrogen-bond donors (Lipinski definition) is 1. The molecule has 1 saturated heterocycles. The first-order valence-electron chi connectivity index (χ1n) is 11.3. The minimum Gasteiger partial charge on any atom is -0.395 e. The molecule has 5 rings (SSSR count). The molecule has 0 unspecified atom stereocenters. The van der Waals surface area contributed by atoms with Crippen LogP contribution in [0.5, 0.6) is 0 Å². The normalized spacial score (nSPS) is 16.9. The minimum absolute atomic E-state index is 0.0148. The van der Waals surface area contributed by atoms with Gasteiger partial charge in [-0.05, 0) is 16.5 Å². The summed E-state index contributed by atoms with van der Waals surface area (Å²) in [4.78, 5) is 21.9. The van der Waals surface area contributed by atoms with Gasteiger partial charge in [0.05, 0.1) is 24.3 Å². The Bertz CT molecular complexity index is 1180. The number of aliphatic hydroxyl groups excluding tert-OH is 1. The van der Waals surface area contributed by atoms with Crippen LogP contribution in [0.15, 0.2) is 97.3 Å². The van der Waals surface area contributed by atoms with Crippen LogP contribution < -0.4 is 0 Å². The van der Waals surface area contributed by atoms with E-state index in [1.165, 1.54) is 11.1 Å². The van der Waals surface area contributed by atoms with Crippen LogP contribution >= 0.6 is 0 Å². The standard InChI is InChI=1S/C28H27N3O2/c32-20-24-19-30(28(33)26-18-29-17-23-13-7-8-14-25(23)26)15-16-31(24)27(21-9-3-1-4-10-21)22-11-5-2-6-12-22/h1-14,17-18,24,27,32H,15-16,19-20H2/t24-/m0/s1. The third kappa shape index (κ3) is 4.25. The summed E-state index contributed by atoms with van der Waals surface area (Å²) < 4.78 is 0. The molecule has 166 valence electrons. The SMILES string of the molecule is O=C(c1cncc2ccccc12)N1CCN(C(c2ccccc2)c2ccccc2)[C@H](CO)C1. The second-order valence-electron chi connectivity index (χ2n) is 8.46. The molecular formula is C28H27N3O2. The van der Waals surface area contributed by atoms with Crippen molar-refractivity contribution in [3.05, 3.63) is 114 Å². The van der Waals surface area contributed by atoms with Crippen LogP contribution in [0.1, 0.15) is 27.5 Å². The fraction of sp³-hybridized carbons (Fsp3) is 0.214. The molecule has 1 aromatic heterocycles. The first-order valence-corrected chi connectivity index (χ1v) is 11.3. The van der Waals surface area contributed by atoms with Gasteiger partial charge < -0.3 is 10.0 Å². The Labute approximate surface area is 193 Å². The Balaban J connectivity index is 1.44. The molecule has 1 fully saturated rings. The number of aromatic nitrogens is 1. The van der Waals surface area contributed by atoms with Crippen molar-refractivity contribution in [2.24, 2.45) is 0 Å². The first-order chi connectivity index (χ1) is 16.3. The van der Waals surface area contributed by atoms with Gasteiger partial charge in [0.15, 0.2) is 0 Å². The molecule has 4 aromatic rings. The summed E-state index contributed by atoms with van der Waals surface area (Å²) in [5.41, 5.74) is 2.97. The number of amides is 1. The molecule has 1 N–H and O–H groups in total. The lowest BCUT2D eigenvalue weighted by Gasteiger charge is -2.45. The second-order valence-corrected chi connectivity index (χ2v) is 8.46. The lowest BCUT2D eigenvalue weighted by Crippen LogP contribution is -2.57. The zero-order chi connectivity index (χ0) is 22.6. The molecule has 1 amide bonds. The van der Waals surface area contributed by atoms with Crippen LogP contribution in [0.25, 0.3) is 10.8 Å². The summed E-state index contributed by atoms with van der Waals surface area (Å²) in [5.74, 6) is -0.0339. The van der Waals surface area contributed by atoms with E-state index in [9.17, 15) is 9.90 Å². The van der Waals surface area contributed by atoms with Crippen LogP contribution in [0.2, 0.25) is 0 Å². The topological polar surface area (TPSA) is 56.7 Å². The predicted octanol–water partition coefficient (Wildman–Crippen LogP) is 4.14. The average Bonchev–Trinajstić information content (AvgIpc) is 2.89. The Morgan fingerprint density at radius 1 is 0.879 bits per heavy atom. The molecule has 33 heavy (non-hydrogen) atoms. The minimum atomic E-state index is -0.170. The van der Waals surface area contributed by atoms with Crippen LogP contribution in [-0.2, 0) is 0 Å². The Morgan fingerprint density at radius 2 is 1.52 bits per heavy atom. The lowest BCUT2D eigenvalue weighted by molar-refractivity contribution is 0.0197. The zero-order valence-corrected chi connectivity index (χ0v) is 18.4. The number of rotatable bonds is 5. The van der Waals surface area contributed by atoms with Gasteiger partial charge >= 0.3 is 0 Å². The van der Waals surface area contributed by atoms with Crippen molar-refractivity contribution in [2.45, 2.75) is 12.1 Å². The Kier molecular flexibility index (Phi) is 6.15. The number of pyridine rings is 1. The average molecular weight is 438 g/mol. The molecule has 1 aliphatic rings. The van der Waals surface area contributed by atoms with Gasteiger partial charge in [-0.3, -0.25) is 14.7 Å². The number of carbonyl (C=O) groups excluding carboxylic acids is 1. The largest absolute Gasteiger partial charge is 0.395 e. The van der Waals surface area contributed by atoms with Crippen molar-refractivity contribution in [3.63, 3.8) is 0 Å². The summed E-state index contributed by atoms with van der Waals surface area (Å²) >= 11 is 0. The number of carbonyl (C=O) groups is 1. The highest BCUT2D eigenvalue weighted by molar-refractivity contribution is 6.06. The third-order valence-electron chi connectivity index (χ3n) is 6.49. The number of benzene rings is 3. The highest BCUT2D eigenvalue weighted by Crippen LogP contribution is 2.32. The second kappa shape index (κ2) is 9.53. The van der Waals surface area contributed by atoms with Gasteiger partial charge in [-0.25, -0.2) is 0 Å². The van der Waals surface area contributed by atoms with Crippen molar-refractivity contribution >= 4 is 16.7 Å². The number of fused-ring (bicyclic) bond motifs is 1. The van der Waals surface area contributed by atoms with Gasteiger partial charge in [-0.1, -0.05) is 84.9 Å². The van der Waals surface area contributed by atoms with E-state index >= 15 is 0 Å². The predicted molar refractivity (Wildman–Crippen MR) is 130 cm³/mol. The van der Waals surface area contributed by atoms with E-state index < -0.39 is 0 Å². The number of aliphatic hydroxyl groups is 1. The molecular weight excluding hydrogens is 410 g/mol. The van der Waals surface area contributed by atoms with Crippen molar-refractivity contribution < 1.29 is 9.90 Å². The van der Waals surface area contributed by atoms with E-state index in [0.29, 0.717) is 25.2 Å². The monoisotopic (exact) mass is 437 g/mol. The first kappa shape index (κ1) is 21.3. The van der Waals surface area contributed by atoms with E-state index in [1.54, 1.807) is 12.4 Å². The molecule has 1 atom stereocenters. The molecule has 0 saturated carbocycles. The zero-order valence-electron chi connectivity index (χ0n) is 18.4. The summed E-state index contributed by atoms with van der Waals surface area (Å²) in [6, 6.07) is 28.4. The van der Waals surface area contributed by atoms with E-state index in [2.05, 4.69) is 34.1 Å². The highest BCUT2D eigenvalue weighted by atomic mass is 16.3. The summed E-state index contributed by atoms with van der Waals surface area (Å²) in [6.45, 7) is 1.71. The van der Waals surface area contributed by atoms with Gasteiger partial charge in [0, 0.05) is 37.4 Å². The van der Waals surface area contributed by atoms with E-state index in [4.69, 9.17) is 0 Å². The lowest BCUT2D eigenvalue weighted by atomic mass is 9.94. The van der Waals surface area contributed by atoms with Gasteiger partial charge in [0.25, 0.3) is 5.91 Å². The van der Waals surface area contributed by atoms with Gasteiger partial charge in [0.1, 0.15) is 0 Å². The number of piperazine rings is 1. The van der Waals surface area contributed by atoms with E-state index in [1.807, 2.05) is 65.6 Å². The van der Waals surface area contributed by atoms with E-state index in [0.717, 1.165) is 10.8 Å². The number of hydrogen-bond acceptors (Lipinski definition) is 4. The smallest absolute Gasteiger partial charge is 0.256 e. The van der Waals surface area contributed by atoms with Crippen LogP contribution in [0, 0.1) is 0 Å². The Hall–Kier alpha value is -3.54. The van der Waals surface area contributed by atoms with Crippen molar-refractivity contribution in [1.29, 1.82) is 0 Å². The van der Waals surface area contributed by atoms with Crippen LogP contribution in [-0.4, -0.2) is 58.1 Å². The summed E-state index contributed by atoms with van der Waals surface area (Å²) in [7, 11) is 0. The molecule has 5 heteroatoms. The number of nitrogens with zero attached hydrogens (tertiary/aromatic N) is 3. The molecule has 3 aromatic carbocycles. The molecule has 2 heterocycles. The van der Waals surface area contributed by atoms with Gasteiger partial charge in [-0.2, -0.15) is 0 Å². The molecule has 0 radical (unpaired) electrons. The van der Waals surface area contributed by atoms with Crippen LogP contribution in [0.3, 0.4) is 0 Å². The van der Waals surface area contributed by atoms with Gasteiger partial charge in [0.2, 0.25) is 0 Å². The third-order valence-corrected chi connectivity index (χ3v) is 6.49. The highest BCUT2D eigenvalue weighted by Gasteiger charge is 2.35. The van der Waals surface area contributed by atoms with E-state index in [-0.39, 0.29) is 24.6 Å². The summed E-state index contributed by atoms with van der Waals surface area (Å²) in [6.07, 6.45) is 3.44. The maximum atomic E-state index is 13.5. The van der Waals surface area contributed by atoms with Crippen molar-refractivity contribution in [3.8, 4) is 0 Å². The maximum Gasteiger partial charge on any atom is 0.256 e. The van der Waals surface area contributed by atoms with Crippen molar-refractivity contribution in [2.75, 3.05) is 26.2 Å². The quantitative estimate of drug-likeness (QED) is 0.510. The molecule has 1 aliphatic heterocycles. The fourth-order valence-electron chi connectivity index (χ4n) is 4.86. The van der Waals surface area contributed by atoms with Crippen molar-refractivity contribution in [1.82, 2.24) is 14.8 Å². The molecule has 5 nitrogen and oxygen atoms in total. The summed E-state index contributed by atoms with van der Waals surface area (Å²) in [5, 5.41) is 12.2. The molecule has 0 aliphatic carbocycles. The maximum absolute atomic E-state index is 13.5.